The third-order valence-electron chi connectivity index (χ3n) is 5.04. The van der Waals surface area contributed by atoms with E-state index in [0.717, 1.165) is 38.2 Å². The standard InChI is InChI=1S/C21H24F2N2O2/c1-13-8-15(21(24)26)2-3-17(13)16-9-19(22)18(20(23)10-16)12-25-11-14-4-6-27-7-5-14/h2-3,8-10,14,25H,4-7,11-12H2,1H3,(H2,24,26). The van der Waals surface area contributed by atoms with Crippen molar-refractivity contribution >= 4 is 5.91 Å². The van der Waals surface area contributed by atoms with Gasteiger partial charge in [0.25, 0.3) is 0 Å². The van der Waals surface area contributed by atoms with Crippen LogP contribution >= 0.6 is 0 Å². The molecule has 0 bridgehead atoms. The average molecular weight is 374 g/mol. The molecule has 0 saturated carbocycles. The topological polar surface area (TPSA) is 64.4 Å². The molecule has 0 aromatic heterocycles. The second-order valence-electron chi connectivity index (χ2n) is 7.00. The number of benzene rings is 2. The van der Waals surface area contributed by atoms with E-state index in [-0.39, 0.29) is 12.1 Å². The summed E-state index contributed by atoms with van der Waals surface area (Å²) in [6, 6.07) is 7.51. The second-order valence-corrected chi connectivity index (χ2v) is 7.00. The maximum Gasteiger partial charge on any atom is 0.248 e. The minimum absolute atomic E-state index is 0.0391. The molecule has 1 fully saturated rings. The summed E-state index contributed by atoms with van der Waals surface area (Å²) in [5, 5.41) is 3.16. The Morgan fingerprint density at radius 3 is 2.44 bits per heavy atom. The van der Waals surface area contributed by atoms with Crippen molar-refractivity contribution in [2.45, 2.75) is 26.3 Å². The van der Waals surface area contributed by atoms with Crippen LogP contribution in [0.25, 0.3) is 11.1 Å². The number of nitrogens with two attached hydrogens (primary N) is 1. The molecule has 2 aromatic carbocycles. The molecule has 1 aliphatic heterocycles. The van der Waals surface area contributed by atoms with Gasteiger partial charge in [-0.25, -0.2) is 8.78 Å². The van der Waals surface area contributed by atoms with Gasteiger partial charge in [0, 0.05) is 30.9 Å². The predicted octanol–water partition coefficient (Wildman–Crippen LogP) is 3.56. The Morgan fingerprint density at radius 2 is 1.85 bits per heavy atom. The fraction of sp³-hybridized carbons (Fsp3) is 0.381. The molecule has 0 unspecified atom stereocenters. The molecule has 0 radical (unpaired) electrons. The number of amides is 1. The minimum atomic E-state index is -0.581. The van der Waals surface area contributed by atoms with Crippen molar-refractivity contribution in [3.63, 3.8) is 0 Å². The van der Waals surface area contributed by atoms with Crippen LogP contribution in [0, 0.1) is 24.5 Å². The Bertz CT molecular complexity index is 810. The highest BCUT2D eigenvalue weighted by atomic mass is 19.1. The van der Waals surface area contributed by atoms with Crippen molar-refractivity contribution in [1.82, 2.24) is 5.32 Å². The zero-order chi connectivity index (χ0) is 19.4. The summed E-state index contributed by atoms with van der Waals surface area (Å²) in [6.45, 7) is 4.14. The second kappa shape index (κ2) is 8.59. The SMILES string of the molecule is Cc1cc(C(N)=O)ccc1-c1cc(F)c(CNCC2CCOCC2)c(F)c1. The predicted molar refractivity (Wildman–Crippen MR) is 100 cm³/mol. The van der Waals surface area contributed by atoms with Gasteiger partial charge in [0.15, 0.2) is 0 Å². The van der Waals surface area contributed by atoms with Gasteiger partial charge in [-0.05, 0) is 73.2 Å². The third kappa shape index (κ3) is 4.70. The van der Waals surface area contributed by atoms with Gasteiger partial charge in [-0.15, -0.1) is 0 Å². The molecule has 3 rings (SSSR count). The fourth-order valence-corrected chi connectivity index (χ4v) is 3.42. The highest BCUT2D eigenvalue weighted by Crippen LogP contribution is 2.28. The molecule has 144 valence electrons. The van der Waals surface area contributed by atoms with E-state index in [2.05, 4.69) is 5.32 Å². The smallest absolute Gasteiger partial charge is 0.248 e. The minimum Gasteiger partial charge on any atom is -0.381 e. The highest BCUT2D eigenvalue weighted by Gasteiger charge is 2.16. The maximum absolute atomic E-state index is 14.5. The van der Waals surface area contributed by atoms with E-state index in [1.807, 2.05) is 0 Å². The number of carbonyl (C=O) groups excluding carboxylic acids is 1. The lowest BCUT2D eigenvalue weighted by molar-refractivity contribution is 0.0662. The van der Waals surface area contributed by atoms with Gasteiger partial charge in [0.05, 0.1) is 0 Å². The van der Waals surface area contributed by atoms with E-state index in [0.29, 0.717) is 22.6 Å². The molecular weight excluding hydrogens is 350 g/mol. The van der Waals surface area contributed by atoms with Crippen LogP contribution in [0.15, 0.2) is 30.3 Å². The summed E-state index contributed by atoms with van der Waals surface area (Å²) in [4.78, 5) is 11.3. The Hall–Kier alpha value is -2.31. The largest absolute Gasteiger partial charge is 0.381 e. The molecule has 1 heterocycles. The number of hydrogen-bond donors (Lipinski definition) is 2. The molecule has 1 saturated heterocycles. The summed E-state index contributed by atoms with van der Waals surface area (Å²) in [7, 11) is 0. The van der Waals surface area contributed by atoms with Gasteiger partial charge in [-0.3, -0.25) is 4.79 Å². The van der Waals surface area contributed by atoms with Crippen LogP contribution < -0.4 is 11.1 Å². The van der Waals surface area contributed by atoms with E-state index in [9.17, 15) is 13.6 Å². The molecule has 6 heteroatoms. The first-order chi connectivity index (χ1) is 13.0. The first-order valence-corrected chi connectivity index (χ1v) is 9.13. The van der Waals surface area contributed by atoms with Crippen molar-refractivity contribution in [2.24, 2.45) is 11.7 Å². The molecule has 1 aliphatic rings. The lowest BCUT2D eigenvalue weighted by Crippen LogP contribution is -2.28. The molecule has 2 aromatic rings. The summed E-state index contributed by atoms with van der Waals surface area (Å²) in [5.41, 5.74) is 7.51. The normalized spacial score (nSPS) is 15.1. The molecule has 4 nitrogen and oxygen atoms in total. The summed E-state index contributed by atoms with van der Waals surface area (Å²) in [5.74, 6) is -1.21. The summed E-state index contributed by atoms with van der Waals surface area (Å²) >= 11 is 0. The van der Waals surface area contributed by atoms with Gasteiger partial charge >= 0.3 is 0 Å². The van der Waals surface area contributed by atoms with Gasteiger partial charge in [-0.2, -0.15) is 0 Å². The van der Waals surface area contributed by atoms with Gasteiger partial charge in [0.1, 0.15) is 11.6 Å². The number of rotatable bonds is 6. The lowest BCUT2D eigenvalue weighted by Gasteiger charge is -2.22. The van der Waals surface area contributed by atoms with Crippen LogP contribution in [0.4, 0.5) is 8.78 Å². The van der Waals surface area contributed by atoms with Crippen LogP contribution in [0.5, 0.6) is 0 Å². The molecule has 27 heavy (non-hydrogen) atoms. The van der Waals surface area contributed by atoms with Crippen molar-refractivity contribution in [3.05, 3.63) is 58.7 Å². The van der Waals surface area contributed by atoms with E-state index in [1.165, 1.54) is 12.1 Å². The number of aryl methyl sites for hydroxylation is 1. The third-order valence-corrected chi connectivity index (χ3v) is 5.04. The van der Waals surface area contributed by atoms with Gasteiger partial charge < -0.3 is 15.8 Å². The van der Waals surface area contributed by atoms with Crippen LogP contribution in [0.2, 0.25) is 0 Å². The maximum atomic E-state index is 14.5. The Balaban J connectivity index is 1.73. The number of primary amides is 1. The van der Waals surface area contributed by atoms with E-state index in [4.69, 9.17) is 10.5 Å². The first kappa shape index (κ1) is 19.5. The van der Waals surface area contributed by atoms with Gasteiger partial charge in [0.2, 0.25) is 5.91 Å². The van der Waals surface area contributed by atoms with Crippen molar-refractivity contribution in [3.8, 4) is 11.1 Å². The molecule has 3 N–H and O–H groups in total. The zero-order valence-corrected chi connectivity index (χ0v) is 15.4. The van der Waals surface area contributed by atoms with Crippen LogP contribution in [0.1, 0.15) is 34.3 Å². The van der Waals surface area contributed by atoms with Crippen LogP contribution in [-0.4, -0.2) is 25.7 Å². The first-order valence-electron chi connectivity index (χ1n) is 9.13. The summed E-state index contributed by atoms with van der Waals surface area (Å²) < 4.78 is 34.4. The Labute approximate surface area is 157 Å². The summed E-state index contributed by atoms with van der Waals surface area (Å²) in [6.07, 6.45) is 1.94. The fourth-order valence-electron chi connectivity index (χ4n) is 3.42. The molecule has 0 aliphatic carbocycles. The quantitative estimate of drug-likeness (QED) is 0.813. The van der Waals surface area contributed by atoms with E-state index >= 15 is 0 Å². The van der Waals surface area contributed by atoms with E-state index in [1.54, 1.807) is 25.1 Å². The van der Waals surface area contributed by atoms with Crippen molar-refractivity contribution in [2.75, 3.05) is 19.8 Å². The number of nitrogens with one attached hydrogen (secondary N) is 1. The number of carbonyl (C=O) groups is 1. The van der Waals surface area contributed by atoms with Crippen LogP contribution in [0.3, 0.4) is 0 Å². The van der Waals surface area contributed by atoms with Crippen molar-refractivity contribution < 1.29 is 18.3 Å². The number of ether oxygens (including phenoxy) is 1. The van der Waals surface area contributed by atoms with Crippen LogP contribution in [-0.2, 0) is 11.3 Å². The molecule has 0 atom stereocenters. The molecular formula is C21H24F2N2O2. The monoisotopic (exact) mass is 374 g/mol. The van der Waals surface area contributed by atoms with E-state index < -0.39 is 17.5 Å². The van der Waals surface area contributed by atoms with Crippen molar-refractivity contribution in [1.29, 1.82) is 0 Å². The van der Waals surface area contributed by atoms with Gasteiger partial charge in [-0.1, -0.05) is 6.07 Å². The highest BCUT2D eigenvalue weighted by molar-refractivity contribution is 5.93. The zero-order valence-electron chi connectivity index (χ0n) is 15.4. The average Bonchev–Trinajstić information content (AvgIpc) is 2.64. The Morgan fingerprint density at radius 1 is 1.19 bits per heavy atom. The number of hydrogen-bond acceptors (Lipinski definition) is 3. The Kier molecular flexibility index (Phi) is 6.19. The molecule has 0 spiro atoms. The molecule has 1 amide bonds. The number of halogens is 2. The lowest BCUT2D eigenvalue weighted by atomic mass is 9.96.